The minimum atomic E-state index is -0.189. The van der Waals surface area contributed by atoms with Crippen molar-refractivity contribution in [1.29, 1.82) is 0 Å². The van der Waals surface area contributed by atoms with Gasteiger partial charge in [-0.3, -0.25) is 4.79 Å². The predicted molar refractivity (Wildman–Crippen MR) is 87.1 cm³/mol. The fraction of sp³-hybridized carbons (Fsp3) is 0.278. The van der Waals surface area contributed by atoms with Crippen LogP contribution in [-0.2, 0) is 0 Å². The van der Waals surface area contributed by atoms with Crippen LogP contribution in [0.1, 0.15) is 45.1 Å². The highest BCUT2D eigenvalue weighted by Gasteiger charge is 2.28. The molecule has 0 saturated carbocycles. The Balaban J connectivity index is 2.02. The molecule has 0 fully saturated rings. The number of ketones is 1. The van der Waals surface area contributed by atoms with Crippen LogP contribution in [0.4, 0.5) is 0 Å². The van der Waals surface area contributed by atoms with Gasteiger partial charge in [0.2, 0.25) is 0 Å². The summed E-state index contributed by atoms with van der Waals surface area (Å²) in [6.07, 6.45) is 0.206. The second kappa shape index (κ2) is 5.30. The largest absolute Gasteiger partial charge is 0.484 e. The van der Waals surface area contributed by atoms with Crippen LogP contribution in [0.5, 0.6) is 5.75 Å². The number of hydrogen-bond acceptors (Lipinski definition) is 2. The summed E-state index contributed by atoms with van der Waals surface area (Å²) in [5.74, 6) is 0.817. The molecule has 3 rings (SSSR count). The normalized spacial score (nSPS) is 17.3. The van der Waals surface area contributed by atoms with E-state index in [0.717, 1.165) is 10.0 Å². The monoisotopic (exact) mass is 344 g/mol. The summed E-state index contributed by atoms with van der Waals surface area (Å²) in [5, 5.41) is 0. The molecule has 108 valence electrons. The number of rotatable bonds is 1. The third kappa shape index (κ3) is 2.62. The lowest BCUT2D eigenvalue weighted by Gasteiger charge is -2.27. The highest BCUT2D eigenvalue weighted by atomic mass is 79.9. The molecule has 3 heteroatoms. The van der Waals surface area contributed by atoms with E-state index in [-0.39, 0.29) is 11.9 Å². The molecule has 2 aromatic carbocycles. The number of carbonyl (C=O) groups excluding carboxylic acids is 1. The van der Waals surface area contributed by atoms with E-state index in [0.29, 0.717) is 17.7 Å². The quantitative estimate of drug-likeness (QED) is 0.720. The van der Waals surface area contributed by atoms with E-state index >= 15 is 0 Å². The van der Waals surface area contributed by atoms with Crippen molar-refractivity contribution < 1.29 is 9.53 Å². The van der Waals surface area contributed by atoms with Gasteiger partial charge in [-0.15, -0.1) is 0 Å². The Morgan fingerprint density at radius 3 is 2.52 bits per heavy atom. The van der Waals surface area contributed by atoms with Crippen LogP contribution in [0.15, 0.2) is 34.8 Å². The molecule has 1 aliphatic heterocycles. The van der Waals surface area contributed by atoms with E-state index in [1.807, 2.05) is 18.2 Å². The van der Waals surface area contributed by atoms with Crippen molar-refractivity contribution in [2.45, 2.75) is 33.3 Å². The van der Waals surface area contributed by atoms with Gasteiger partial charge in [-0.2, -0.15) is 0 Å². The minimum Gasteiger partial charge on any atom is -0.484 e. The van der Waals surface area contributed by atoms with Gasteiger partial charge in [0.25, 0.3) is 0 Å². The van der Waals surface area contributed by atoms with Gasteiger partial charge in [-0.1, -0.05) is 28.1 Å². The van der Waals surface area contributed by atoms with Gasteiger partial charge in [0, 0.05) is 4.47 Å². The molecule has 1 aliphatic rings. The van der Waals surface area contributed by atoms with Gasteiger partial charge < -0.3 is 4.74 Å². The molecule has 0 aliphatic carbocycles. The second-order valence-electron chi connectivity index (χ2n) is 5.67. The molecule has 0 radical (unpaired) electrons. The fourth-order valence-electron chi connectivity index (χ4n) is 2.80. The number of aryl methyl sites for hydroxylation is 3. The Morgan fingerprint density at radius 1 is 1.05 bits per heavy atom. The summed E-state index contributed by atoms with van der Waals surface area (Å²) in [5.41, 5.74) is 5.45. The smallest absolute Gasteiger partial charge is 0.170 e. The highest BCUT2D eigenvalue weighted by molar-refractivity contribution is 9.10. The van der Waals surface area contributed by atoms with Gasteiger partial charge in [0.05, 0.1) is 12.0 Å². The summed E-state index contributed by atoms with van der Waals surface area (Å²) in [6, 6.07) is 9.91. The Hall–Kier alpha value is -1.61. The van der Waals surface area contributed by atoms with Crippen LogP contribution >= 0.6 is 15.9 Å². The minimum absolute atomic E-state index is 0.139. The van der Waals surface area contributed by atoms with Gasteiger partial charge in [-0.05, 0) is 61.2 Å². The van der Waals surface area contributed by atoms with Crippen molar-refractivity contribution in [1.82, 2.24) is 0 Å². The molecule has 21 heavy (non-hydrogen) atoms. The topological polar surface area (TPSA) is 26.3 Å². The Morgan fingerprint density at radius 2 is 1.76 bits per heavy atom. The van der Waals surface area contributed by atoms with Crippen molar-refractivity contribution in [2.75, 3.05) is 0 Å². The predicted octanol–water partition coefficient (Wildman–Crippen LogP) is 5.08. The molecule has 1 atom stereocenters. The summed E-state index contributed by atoms with van der Waals surface area (Å²) in [6.45, 7) is 6.27. The first kappa shape index (κ1) is 14.3. The maximum Gasteiger partial charge on any atom is 0.170 e. The van der Waals surface area contributed by atoms with E-state index in [4.69, 9.17) is 4.74 Å². The van der Waals surface area contributed by atoms with Gasteiger partial charge in [0.1, 0.15) is 11.9 Å². The van der Waals surface area contributed by atoms with Gasteiger partial charge >= 0.3 is 0 Å². The summed E-state index contributed by atoms with van der Waals surface area (Å²) in [7, 11) is 0. The maximum absolute atomic E-state index is 12.4. The average Bonchev–Trinajstić information content (AvgIpc) is 2.43. The van der Waals surface area contributed by atoms with E-state index in [9.17, 15) is 4.79 Å². The molecule has 2 aromatic rings. The third-order valence-corrected chi connectivity index (χ3v) is 4.60. The maximum atomic E-state index is 12.4. The van der Waals surface area contributed by atoms with E-state index in [2.05, 4.69) is 48.8 Å². The zero-order chi connectivity index (χ0) is 15.1. The van der Waals surface area contributed by atoms with E-state index < -0.39 is 0 Å². The van der Waals surface area contributed by atoms with Crippen LogP contribution in [0.25, 0.3) is 0 Å². The van der Waals surface area contributed by atoms with Crippen LogP contribution in [0.3, 0.4) is 0 Å². The lowest BCUT2D eigenvalue weighted by atomic mass is 9.91. The first-order valence-corrected chi connectivity index (χ1v) is 7.82. The lowest BCUT2D eigenvalue weighted by Crippen LogP contribution is -2.21. The van der Waals surface area contributed by atoms with Gasteiger partial charge in [0.15, 0.2) is 5.78 Å². The Bertz CT molecular complexity index is 734. The number of halogens is 1. The standard InChI is InChI=1S/C18H17BrO2/c1-10-6-12(3)14(7-11(10)2)18-9-16(20)15-8-13(19)4-5-17(15)21-18/h4-8,18H,9H2,1-3H3. The van der Waals surface area contributed by atoms with Crippen molar-refractivity contribution in [2.24, 2.45) is 0 Å². The number of benzene rings is 2. The molecular formula is C18H17BrO2. The third-order valence-electron chi connectivity index (χ3n) is 4.11. The Labute approximate surface area is 133 Å². The van der Waals surface area contributed by atoms with Crippen LogP contribution < -0.4 is 4.74 Å². The summed E-state index contributed by atoms with van der Waals surface area (Å²) < 4.78 is 6.98. The number of fused-ring (bicyclic) bond motifs is 1. The molecule has 1 heterocycles. The number of carbonyl (C=O) groups is 1. The van der Waals surface area contributed by atoms with E-state index in [1.54, 1.807) is 0 Å². The first-order chi connectivity index (χ1) is 9.95. The van der Waals surface area contributed by atoms with Gasteiger partial charge in [-0.25, -0.2) is 0 Å². The van der Waals surface area contributed by atoms with E-state index in [1.165, 1.54) is 16.7 Å². The molecule has 0 N–H and O–H groups in total. The van der Waals surface area contributed by atoms with Crippen molar-refractivity contribution in [3.63, 3.8) is 0 Å². The molecule has 0 amide bonds. The second-order valence-corrected chi connectivity index (χ2v) is 6.58. The molecular weight excluding hydrogens is 328 g/mol. The van der Waals surface area contributed by atoms with Crippen LogP contribution in [-0.4, -0.2) is 5.78 Å². The summed E-state index contributed by atoms with van der Waals surface area (Å²) >= 11 is 3.40. The molecule has 0 aromatic heterocycles. The van der Waals surface area contributed by atoms with Crippen molar-refractivity contribution in [3.05, 3.63) is 62.6 Å². The molecule has 0 spiro atoms. The fourth-order valence-corrected chi connectivity index (χ4v) is 3.16. The first-order valence-electron chi connectivity index (χ1n) is 7.03. The molecule has 2 nitrogen and oxygen atoms in total. The lowest BCUT2D eigenvalue weighted by molar-refractivity contribution is 0.0849. The number of Topliss-reactive ketones (excluding diaryl/α,β-unsaturated/α-hetero) is 1. The molecule has 0 saturated heterocycles. The zero-order valence-corrected chi connectivity index (χ0v) is 14.0. The Kier molecular flexibility index (Phi) is 3.62. The van der Waals surface area contributed by atoms with Crippen molar-refractivity contribution in [3.8, 4) is 5.75 Å². The number of hydrogen-bond donors (Lipinski definition) is 0. The molecule has 0 bridgehead atoms. The number of ether oxygens (including phenoxy) is 1. The average molecular weight is 345 g/mol. The van der Waals surface area contributed by atoms with Crippen LogP contribution in [0.2, 0.25) is 0 Å². The molecule has 1 unspecified atom stereocenters. The van der Waals surface area contributed by atoms with Crippen LogP contribution in [0, 0.1) is 20.8 Å². The highest BCUT2D eigenvalue weighted by Crippen LogP contribution is 2.37. The van der Waals surface area contributed by atoms with Crippen molar-refractivity contribution >= 4 is 21.7 Å². The SMILES string of the molecule is Cc1cc(C)c(C2CC(=O)c3cc(Br)ccc3O2)cc1C. The summed E-state index contributed by atoms with van der Waals surface area (Å²) in [4.78, 5) is 12.4. The zero-order valence-electron chi connectivity index (χ0n) is 12.4.